The molecule has 4 rings (SSSR count). The summed E-state index contributed by atoms with van der Waals surface area (Å²) in [4.78, 5) is 23.6. The van der Waals surface area contributed by atoms with Crippen LogP contribution in [-0.4, -0.2) is 35.7 Å². The van der Waals surface area contributed by atoms with Gasteiger partial charge < -0.3 is 14.4 Å². The van der Waals surface area contributed by atoms with Gasteiger partial charge in [-0.2, -0.15) is 4.99 Å². The van der Waals surface area contributed by atoms with Gasteiger partial charge in [-0.25, -0.2) is 4.99 Å². The van der Waals surface area contributed by atoms with Gasteiger partial charge in [-0.3, -0.25) is 4.79 Å². The SMILES string of the molecule is CC(C)COc1cccc(OCC(=O)N=C2N=C3C=CC=CN3Cc3ccccc32)c1. The molecule has 2 aliphatic heterocycles. The molecule has 0 saturated heterocycles. The number of ether oxygens (including phenoxy) is 2. The van der Waals surface area contributed by atoms with Crippen LogP contribution in [0.25, 0.3) is 0 Å². The van der Waals surface area contributed by atoms with E-state index < -0.39 is 5.91 Å². The zero-order chi connectivity index (χ0) is 21.6. The van der Waals surface area contributed by atoms with Crippen molar-refractivity contribution in [3.63, 3.8) is 0 Å². The Morgan fingerprint density at radius 1 is 1.10 bits per heavy atom. The largest absolute Gasteiger partial charge is 0.493 e. The second kappa shape index (κ2) is 9.43. The summed E-state index contributed by atoms with van der Waals surface area (Å²) in [6.45, 7) is 5.29. The van der Waals surface area contributed by atoms with Crippen LogP contribution in [0.1, 0.15) is 25.0 Å². The normalized spacial score (nSPS) is 15.9. The van der Waals surface area contributed by atoms with Crippen LogP contribution in [0.3, 0.4) is 0 Å². The molecule has 2 aliphatic rings. The van der Waals surface area contributed by atoms with Gasteiger partial charge in [0.2, 0.25) is 0 Å². The summed E-state index contributed by atoms with van der Waals surface area (Å²) in [5.41, 5.74) is 1.91. The van der Waals surface area contributed by atoms with Gasteiger partial charge in [-0.05, 0) is 35.8 Å². The minimum Gasteiger partial charge on any atom is -0.493 e. The van der Waals surface area contributed by atoms with Crippen molar-refractivity contribution < 1.29 is 14.3 Å². The van der Waals surface area contributed by atoms with Crippen LogP contribution in [-0.2, 0) is 11.3 Å². The molecule has 0 bridgehead atoms. The van der Waals surface area contributed by atoms with Gasteiger partial charge in [0.25, 0.3) is 5.91 Å². The van der Waals surface area contributed by atoms with Crippen LogP contribution in [0.5, 0.6) is 11.5 Å². The zero-order valence-electron chi connectivity index (χ0n) is 17.7. The Morgan fingerprint density at radius 2 is 1.90 bits per heavy atom. The summed E-state index contributed by atoms with van der Waals surface area (Å²) >= 11 is 0. The van der Waals surface area contributed by atoms with Crippen molar-refractivity contribution in [2.45, 2.75) is 20.4 Å². The summed E-state index contributed by atoms with van der Waals surface area (Å²) in [5, 5.41) is 0. The lowest BCUT2D eigenvalue weighted by atomic mass is 10.1. The number of allylic oxidation sites excluding steroid dienone is 2. The maximum Gasteiger partial charge on any atom is 0.285 e. The van der Waals surface area contributed by atoms with E-state index in [1.165, 1.54) is 0 Å². The number of amides is 1. The Kier molecular flexibility index (Phi) is 6.26. The van der Waals surface area contributed by atoms with E-state index in [9.17, 15) is 4.79 Å². The van der Waals surface area contributed by atoms with Crippen LogP contribution in [0.4, 0.5) is 0 Å². The van der Waals surface area contributed by atoms with Crippen molar-refractivity contribution in [3.8, 4) is 11.5 Å². The molecule has 1 amide bonds. The van der Waals surface area contributed by atoms with E-state index in [0.29, 0.717) is 36.4 Å². The number of carbonyl (C=O) groups is 1. The van der Waals surface area contributed by atoms with E-state index in [0.717, 1.165) is 17.0 Å². The first kappa shape index (κ1) is 20.6. The Bertz CT molecular complexity index is 1080. The highest BCUT2D eigenvalue weighted by Gasteiger charge is 2.20. The number of fused-ring (bicyclic) bond motifs is 2. The molecule has 2 aromatic carbocycles. The lowest BCUT2D eigenvalue weighted by Gasteiger charge is -2.20. The lowest BCUT2D eigenvalue weighted by Crippen LogP contribution is -2.24. The van der Waals surface area contributed by atoms with Crippen LogP contribution >= 0.6 is 0 Å². The number of aliphatic imine (C=N–C) groups is 2. The molecule has 31 heavy (non-hydrogen) atoms. The molecule has 2 heterocycles. The third-order valence-corrected chi connectivity index (χ3v) is 4.72. The van der Waals surface area contributed by atoms with Crippen LogP contribution in [0, 0.1) is 5.92 Å². The van der Waals surface area contributed by atoms with E-state index in [1.807, 2.05) is 65.7 Å². The van der Waals surface area contributed by atoms with Gasteiger partial charge in [-0.1, -0.05) is 50.3 Å². The molecule has 0 fully saturated rings. The first-order chi connectivity index (χ1) is 15.1. The van der Waals surface area contributed by atoms with Gasteiger partial charge in [-0.15, -0.1) is 0 Å². The van der Waals surface area contributed by atoms with Crippen molar-refractivity contribution in [1.29, 1.82) is 0 Å². The molecule has 0 radical (unpaired) electrons. The third kappa shape index (κ3) is 5.28. The lowest BCUT2D eigenvalue weighted by molar-refractivity contribution is -0.119. The number of hydrogen-bond acceptors (Lipinski definition) is 4. The summed E-state index contributed by atoms with van der Waals surface area (Å²) in [6.07, 6.45) is 7.76. The second-order valence-electron chi connectivity index (χ2n) is 7.75. The molecule has 0 aromatic heterocycles. The van der Waals surface area contributed by atoms with E-state index in [4.69, 9.17) is 9.47 Å². The predicted octanol–water partition coefficient (Wildman–Crippen LogP) is 4.37. The fourth-order valence-corrected chi connectivity index (χ4v) is 3.23. The summed E-state index contributed by atoms with van der Waals surface area (Å²) < 4.78 is 11.4. The molecule has 0 spiro atoms. The average Bonchev–Trinajstić information content (AvgIpc) is 2.93. The molecular formula is C25H25N3O3. The van der Waals surface area contributed by atoms with Gasteiger partial charge in [0, 0.05) is 24.4 Å². The maximum atomic E-state index is 12.6. The highest BCUT2D eigenvalue weighted by Crippen LogP contribution is 2.22. The minimum atomic E-state index is -0.397. The first-order valence-electron chi connectivity index (χ1n) is 10.3. The van der Waals surface area contributed by atoms with Crippen LogP contribution in [0.15, 0.2) is 82.9 Å². The van der Waals surface area contributed by atoms with Crippen molar-refractivity contribution in [1.82, 2.24) is 4.90 Å². The smallest absolute Gasteiger partial charge is 0.285 e. The van der Waals surface area contributed by atoms with Crippen LogP contribution in [0.2, 0.25) is 0 Å². The fraction of sp³-hybridized carbons (Fsp3) is 0.240. The number of nitrogens with zero attached hydrogens (tertiary/aromatic N) is 3. The van der Waals surface area contributed by atoms with Crippen molar-refractivity contribution in [2.24, 2.45) is 15.9 Å². The molecule has 6 nitrogen and oxygen atoms in total. The highest BCUT2D eigenvalue weighted by atomic mass is 16.5. The third-order valence-electron chi connectivity index (χ3n) is 4.72. The van der Waals surface area contributed by atoms with Crippen molar-refractivity contribution in [2.75, 3.05) is 13.2 Å². The highest BCUT2D eigenvalue weighted by molar-refractivity contribution is 6.14. The quantitative estimate of drug-likeness (QED) is 0.703. The molecular weight excluding hydrogens is 390 g/mol. The Morgan fingerprint density at radius 3 is 2.74 bits per heavy atom. The van der Waals surface area contributed by atoms with E-state index in [2.05, 4.69) is 23.8 Å². The second-order valence-corrected chi connectivity index (χ2v) is 7.75. The van der Waals surface area contributed by atoms with Gasteiger partial charge >= 0.3 is 0 Å². The van der Waals surface area contributed by atoms with Crippen molar-refractivity contribution >= 4 is 17.6 Å². The molecule has 0 atom stereocenters. The molecule has 0 N–H and O–H groups in total. The topological polar surface area (TPSA) is 63.5 Å². The maximum absolute atomic E-state index is 12.6. The monoisotopic (exact) mass is 415 g/mol. The summed E-state index contributed by atoms with van der Waals surface area (Å²) in [7, 11) is 0. The number of carbonyl (C=O) groups excluding carboxylic acids is 1. The number of rotatable bonds is 6. The molecule has 2 aromatic rings. The predicted molar refractivity (Wildman–Crippen MR) is 122 cm³/mol. The first-order valence-corrected chi connectivity index (χ1v) is 10.3. The minimum absolute atomic E-state index is 0.177. The molecule has 158 valence electrons. The standard InChI is InChI=1S/C25H25N3O3/c1-18(2)16-30-20-9-7-10-21(14-20)31-17-24(29)27-25-22-11-4-3-8-19(22)15-28-13-6-5-12-23(28)26-25/h3-14,18H,15-17H2,1-2H3. The molecule has 0 aliphatic carbocycles. The van der Waals surface area contributed by atoms with Gasteiger partial charge in [0.15, 0.2) is 12.4 Å². The molecule has 6 heteroatoms. The van der Waals surface area contributed by atoms with E-state index in [1.54, 1.807) is 12.1 Å². The van der Waals surface area contributed by atoms with Gasteiger partial charge in [0.05, 0.1) is 6.61 Å². The summed E-state index contributed by atoms with van der Waals surface area (Å²) in [6, 6.07) is 15.1. The average molecular weight is 415 g/mol. The Labute approximate surface area is 182 Å². The zero-order valence-corrected chi connectivity index (χ0v) is 17.7. The van der Waals surface area contributed by atoms with E-state index in [-0.39, 0.29) is 6.61 Å². The summed E-state index contributed by atoms with van der Waals surface area (Å²) in [5.74, 6) is 2.46. The Hall–Kier alpha value is -3.67. The Balaban J connectivity index is 1.50. The molecule has 0 unspecified atom stereocenters. The molecule has 0 saturated carbocycles. The van der Waals surface area contributed by atoms with Crippen molar-refractivity contribution in [3.05, 3.63) is 84.1 Å². The number of hydrogen-bond donors (Lipinski definition) is 0. The fourth-order valence-electron chi connectivity index (χ4n) is 3.23. The van der Waals surface area contributed by atoms with Gasteiger partial charge in [0.1, 0.15) is 17.3 Å². The van der Waals surface area contributed by atoms with Crippen LogP contribution < -0.4 is 9.47 Å². The number of benzene rings is 2. The number of amidine groups is 2. The van der Waals surface area contributed by atoms with E-state index >= 15 is 0 Å².